The van der Waals surface area contributed by atoms with Gasteiger partial charge in [0.25, 0.3) is 0 Å². The van der Waals surface area contributed by atoms with Crippen LogP contribution in [-0.4, -0.2) is 11.5 Å². The molecule has 1 unspecified atom stereocenters. The molecular weight excluding hydrogens is 266 g/mol. The van der Waals surface area contributed by atoms with Gasteiger partial charge in [-0.25, -0.2) is 4.98 Å². The normalized spacial score (nSPS) is 18.2. The first kappa shape index (κ1) is 13.6. The van der Waals surface area contributed by atoms with Crippen molar-refractivity contribution in [2.45, 2.75) is 39.8 Å². The van der Waals surface area contributed by atoms with Gasteiger partial charge in [0.05, 0.1) is 6.04 Å². The molecule has 0 saturated carbocycles. The number of pyridine rings is 1. The van der Waals surface area contributed by atoms with Gasteiger partial charge < -0.3 is 10.6 Å². The predicted molar refractivity (Wildman–Crippen MR) is 85.4 cm³/mol. The summed E-state index contributed by atoms with van der Waals surface area (Å²) >= 11 is 1.87. The highest BCUT2D eigenvalue weighted by molar-refractivity contribution is 7.10. The van der Waals surface area contributed by atoms with E-state index in [1.165, 1.54) is 21.6 Å². The first-order valence-corrected chi connectivity index (χ1v) is 8.00. The summed E-state index contributed by atoms with van der Waals surface area (Å²) in [5.74, 6) is 1.08. The summed E-state index contributed by atoms with van der Waals surface area (Å²) in [6.45, 7) is 8.03. The molecule has 106 valence electrons. The molecule has 0 amide bonds. The number of hydrogen-bond acceptors (Lipinski definition) is 4. The summed E-state index contributed by atoms with van der Waals surface area (Å²) in [6, 6.07) is 4.75. The van der Waals surface area contributed by atoms with E-state index >= 15 is 0 Å². The molecule has 0 bridgehead atoms. The highest BCUT2D eigenvalue weighted by Gasteiger charge is 2.27. The summed E-state index contributed by atoms with van der Waals surface area (Å²) in [5.41, 5.74) is 10.9. The lowest BCUT2D eigenvalue weighted by molar-refractivity contribution is 0.620. The van der Waals surface area contributed by atoms with E-state index in [-0.39, 0.29) is 0 Å². The monoisotopic (exact) mass is 287 g/mol. The Bertz CT molecular complexity index is 633. The van der Waals surface area contributed by atoms with E-state index in [0.29, 0.717) is 12.6 Å². The van der Waals surface area contributed by atoms with Crippen molar-refractivity contribution in [1.29, 1.82) is 0 Å². The SMILES string of the molecule is Cc1cc(C)c(CN)c(N2CCc3sccc3C2C)n1. The fraction of sp³-hybridized carbons (Fsp3) is 0.438. The Morgan fingerprint density at radius 2 is 2.25 bits per heavy atom. The number of nitrogens with two attached hydrogens (primary N) is 1. The van der Waals surface area contributed by atoms with Crippen molar-refractivity contribution in [3.05, 3.63) is 44.8 Å². The third-order valence-corrected chi connectivity index (χ3v) is 5.20. The molecule has 0 fully saturated rings. The zero-order valence-electron chi connectivity index (χ0n) is 12.3. The summed E-state index contributed by atoms with van der Waals surface area (Å²) in [5, 5.41) is 2.20. The summed E-state index contributed by atoms with van der Waals surface area (Å²) in [4.78, 5) is 8.72. The quantitative estimate of drug-likeness (QED) is 0.921. The topological polar surface area (TPSA) is 42.1 Å². The molecular formula is C16H21N3S. The first-order valence-electron chi connectivity index (χ1n) is 7.12. The molecule has 0 spiro atoms. The molecule has 0 aliphatic carbocycles. The van der Waals surface area contributed by atoms with Crippen molar-refractivity contribution >= 4 is 17.2 Å². The van der Waals surface area contributed by atoms with E-state index in [9.17, 15) is 0 Å². The van der Waals surface area contributed by atoms with Gasteiger partial charge in [-0.15, -0.1) is 11.3 Å². The number of nitrogens with zero attached hydrogens (tertiary/aromatic N) is 2. The number of hydrogen-bond donors (Lipinski definition) is 1. The zero-order chi connectivity index (χ0) is 14.3. The summed E-state index contributed by atoms with van der Waals surface area (Å²) in [7, 11) is 0. The van der Waals surface area contributed by atoms with E-state index in [0.717, 1.165) is 24.5 Å². The fourth-order valence-electron chi connectivity index (χ4n) is 3.13. The Labute approximate surface area is 124 Å². The van der Waals surface area contributed by atoms with Crippen LogP contribution in [0.5, 0.6) is 0 Å². The summed E-state index contributed by atoms with van der Waals surface area (Å²) < 4.78 is 0. The van der Waals surface area contributed by atoms with Crippen LogP contribution in [0, 0.1) is 13.8 Å². The minimum Gasteiger partial charge on any atom is -0.349 e. The Kier molecular flexibility index (Phi) is 3.52. The number of thiophene rings is 1. The minimum absolute atomic E-state index is 0.379. The molecule has 1 aliphatic rings. The molecule has 2 aromatic rings. The van der Waals surface area contributed by atoms with E-state index in [2.05, 4.69) is 43.2 Å². The Balaban J connectivity index is 2.06. The molecule has 3 nitrogen and oxygen atoms in total. The molecule has 0 aromatic carbocycles. The number of anilines is 1. The molecule has 20 heavy (non-hydrogen) atoms. The lowest BCUT2D eigenvalue weighted by atomic mass is 10.00. The van der Waals surface area contributed by atoms with Gasteiger partial charge in [0.1, 0.15) is 5.82 Å². The van der Waals surface area contributed by atoms with Crippen LogP contribution in [0.1, 0.15) is 40.2 Å². The number of aromatic nitrogens is 1. The highest BCUT2D eigenvalue weighted by atomic mass is 32.1. The lowest BCUT2D eigenvalue weighted by Crippen LogP contribution is -2.35. The first-order chi connectivity index (χ1) is 9.61. The van der Waals surface area contributed by atoms with Gasteiger partial charge in [0.15, 0.2) is 0 Å². The maximum absolute atomic E-state index is 5.96. The van der Waals surface area contributed by atoms with Crippen molar-refractivity contribution in [3.63, 3.8) is 0 Å². The van der Waals surface area contributed by atoms with Crippen molar-refractivity contribution in [2.75, 3.05) is 11.4 Å². The van der Waals surface area contributed by atoms with Crippen molar-refractivity contribution in [1.82, 2.24) is 4.98 Å². The number of aryl methyl sites for hydroxylation is 2. The molecule has 1 aliphatic heterocycles. The van der Waals surface area contributed by atoms with Crippen molar-refractivity contribution in [2.24, 2.45) is 5.73 Å². The van der Waals surface area contributed by atoms with Crippen LogP contribution in [-0.2, 0) is 13.0 Å². The largest absolute Gasteiger partial charge is 0.349 e. The molecule has 3 heterocycles. The van der Waals surface area contributed by atoms with Crippen molar-refractivity contribution in [3.8, 4) is 0 Å². The van der Waals surface area contributed by atoms with E-state index in [4.69, 9.17) is 10.7 Å². The van der Waals surface area contributed by atoms with Crippen molar-refractivity contribution < 1.29 is 0 Å². The Morgan fingerprint density at radius 3 is 3.00 bits per heavy atom. The smallest absolute Gasteiger partial charge is 0.134 e. The van der Waals surface area contributed by atoms with E-state index in [1.807, 2.05) is 11.3 Å². The minimum atomic E-state index is 0.379. The van der Waals surface area contributed by atoms with Crippen LogP contribution >= 0.6 is 11.3 Å². The van der Waals surface area contributed by atoms with Crippen LogP contribution in [0.2, 0.25) is 0 Å². The molecule has 4 heteroatoms. The van der Waals surface area contributed by atoms with Gasteiger partial charge in [0.2, 0.25) is 0 Å². The molecule has 0 saturated heterocycles. The number of rotatable bonds is 2. The van der Waals surface area contributed by atoms with Crippen LogP contribution in [0.25, 0.3) is 0 Å². The average molecular weight is 287 g/mol. The van der Waals surface area contributed by atoms with Crippen LogP contribution < -0.4 is 10.6 Å². The van der Waals surface area contributed by atoms with Gasteiger partial charge in [-0.05, 0) is 55.8 Å². The second-order valence-corrected chi connectivity index (χ2v) is 6.51. The fourth-order valence-corrected chi connectivity index (χ4v) is 4.09. The van der Waals surface area contributed by atoms with Gasteiger partial charge in [0, 0.05) is 29.2 Å². The number of fused-ring (bicyclic) bond motifs is 1. The maximum atomic E-state index is 5.96. The molecule has 2 aromatic heterocycles. The van der Waals surface area contributed by atoms with Gasteiger partial charge >= 0.3 is 0 Å². The third kappa shape index (κ3) is 2.13. The maximum Gasteiger partial charge on any atom is 0.134 e. The zero-order valence-corrected chi connectivity index (χ0v) is 13.1. The summed E-state index contributed by atoms with van der Waals surface area (Å²) in [6.07, 6.45) is 1.11. The second kappa shape index (κ2) is 5.19. The highest BCUT2D eigenvalue weighted by Crippen LogP contribution is 2.37. The molecule has 0 radical (unpaired) electrons. The predicted octanol–water partition coefficient (Wildman–Crippen LogP) is 3.34. The van der Waals surface area contributed by atoms with Crippen LogP contribution in [0.3, 0.4) is 0 Å². The van der Waals surface area contributed by atoms with Crippen LogP contribution in [0.15, 0.2) is 17.5 Å². The molecule has 3 rings (SSSR count). The Morgan fingerprint density at radius 1 is 1.45 bits per heavy atom. The van der Waals surface area contributed by atoms with E-state index in [1.54, 1.807) is 0 Å². The van der Waals surface area contributed by atoms with E-state index < -0.39 is 0 Å². The van der Waals surface area contributed by atoms with Crippen LogP contribution in [0.4, 0.5) is 5.82 Å². The molecule has 2 N–H and O–H groups in total. The molecule has 1 atom stereocenters. The third-order valence-electron chi connectivity index (χ3n) is 4.21. The van der Waals surface area contributed by atoms with Gasteiger partial charge in [-0.2, -0.15) is 0 Å². The second-order valence-electron chi connectivity index (χ2n) is 5.51. The van der Waals surface area contributed by atoms with Gasteiger partial charge in [-0.3, -0.25) is 0 Å². The Hall–Kier alpha value is -1.39. The lowest BCUT2D eigenvalue weighted by Gasteiger charge is -2.36. The standard InChI is InChI=1S/C16H21N3S/c1-10-8-11(2)18-16(14(10)9-17)19-6-4-15-13(12(19)3)5-7-20-15/h5,7-8,12H,4,6,9,17H2,1-3H3. The van der Waals surface area contributed by atoms with Gasteiger partial charge in [-0.1, -0.05) is 0 Å². The average Bonchev–Trinajstić information content (AvgIpc) is 2.87.